The number of fused-ring (bicyclic) bond motifs is 1. The van der Waals surface area contributed by atoms with Crippen molar-refractivity contribution in [2.75, 3.05) is 6.61 Å². The SMILES string of the molecule is O=C(COc1ccccc1F)NNC(=O)c1cc2ccccc2o1. The summed E-state index contributed by atoms with van der Waals surface area (Å²) in [5.41, 5.74) is 4.94. The molecule has 0 fully saturated rings. The van der Waals surface area contributed by atoms with E-state index in [0.717, 1.165) is 5.39 Å². The first-order valence-corrected chi connectivity index (χ1v) is 7.08. The largest absolute Gasteiger partial charge is 0.481 e. The van der Waals surface area contributed by atoms with Crippen molar-refractivity contribution >= 4 is 22.8 Å². The fraction of sp³-hybridized carbons (Fsp3) is 0.0588. The summed E-state index contributed by atoms with van der Waals surface area (Å²) in [5, 5.41) is 0.775. The van der Waals surface area contributed by atoms with E-state index in [2.05, 4.69) is 10.9 Å². The number of rotatable bonds is 4. The Morgan fingerprint density at radius 3 is 2.58 bits per heavy atom. The first-order valence-electron chi connectivity index (χ1n) is 7.08. The molecule has 0 bridgehead atoms. The van der Waals surface area contributed by atoms with Gasteiger partial charge in [0.05, 0.1) is 0 Å². The van der Waals surface area contributed by atoms with Crippen LogP contribution in [-0.2, 0) is 4.79 Å². The number of hydrazine groups is 1. The van der Waals surface area contributed by atoms with Gasteiger partial charge in [-0.05, 0) is 24.3 Å². The molecule has 3 aromatic rings. The standard InChI is InChI=1S/C17H13FN2O4/c18-12-6-2-4-8-14(12)23-10-16(21)19-20-17(22)15-9-11-5-1-3-7-13(11)24-15/h1-9H,10H2,(H,19,21)(H,20,22). The summed E-state index contributed by atoms with van der Waals surface area (Å²) in [6, 6.07) is 14.4. The molecule has 1 heterocycles. The van der Waals surface area contributed by atoms with Crippen molar-refractivity contribution < 1.29 is 23.1 Å². The lowest BCUT2D eigenvalue weighted by atomic mass is 10.2. The Morgan fingerprint density at radius 1 is 1.04 bits per heavy atom. The summed E-state index contributed by atoms with van der Waals surface area (Å²) >= 11 is 0. The van der Waals surface area contributed by atoms with Crippen molar-refractivity contribution in [2.24, 2.45) is 0 Å². The van der Waals surface area contributed by atoms with E-state index in [1.54, 1.807) is 30.3 Å². The summed E-state index contributed by atoms with van der Waals surface area (Å²) in [6.45, 7) is -0.443. The van der Waals surface area contributed by atoms with Gasteiger partial charge in [-0.1, -0.05) is 30.3 Å². The predicted molar refractivity (Wildman–Crippen MR) is 83.7 cm³/mol. The zero-order valence-corrected chi connectivity index (χ0v) is 12.4. The Morgan fingerprint density at radius 2 is 1.79 bits per heavy atom. The van der Waals surface area contributed by atoms with Crippen molar-refractivity contribution in [2.45, 2.75) is 0 Å². The van der Waals surface area contributed by atoms with Crippen molar-refractivity contribution in [3.05, 3.63) is 66.2 Å². The molecular weight excluding hydrogens is 315 g/mol. The van der Waals surface area contributed by atoms with Gasteiger partial charge < -0.3 is 9.15 Å². The topological polar surface area (TPSA) is 80.6 Å². The molecule has 0 unspecified atom stereocenters. The van der Waals surface area contributed by atoms with Gasteiger partial charge in [-0.2, -0.15) is 0 Å². The van der Waals surface area contributed by atoms with Crippen molar-refractivity contribution in [3.63, 3.8) is 0 Å². The molecule has 122 valence electrons. The number of hydrogen-bond donors (Lipinski definition) is 2. The van der Waals surface area contributed by atoms with E-state index in [-0.39, 0.29) is 11.5 Å². The highest BCUT2D eigenvalue weighted by Gasteiger charge is 2.13. The van der Waals surface area contributed by atoms with Crippen LogP contribution in [0.4, 0.5) is 4.39 Å². The average Bonchev–Trinajstić information content (AvgIpc) is 3.03. The van der Waals surface area contributed by atoms with E-state index in [0.29, 0.717) is 5.58 Å². The summed E-state index contributed by atoms with van der Waals surface area (Å²) < 4.78 is 23.7. The second kappa shape index (κ2) is 6.82. The molecule has 2 aromatic carbocycles. The molecule has 0 aliphatic rings. The maximum Gasteiger partial charge on any atom is 0.305 e. The lowest BCUT2D eigenvalue weighted by Crippen LogP contribution is -2.43. The number of ether oxygens (including phenoxy) is 1. The first-order chi connectivity index (χ1) is 11.6. The Bertz CT molecular complexity index is 858. The molecule has 0 radical (unpaired) electrons. The van der Waals surface area contributed by atoms with Crippen molar-refractivity contribution in [1.29, 1.82) is 0 Å². The van der Waals surface area contributed by atoms with Crippen molar-refractivity contribution in [3.8, 4) is 5.75 Å². The molecule has 7 heteroatoms. The van der Waals surface area contributed by atoms with Gasteiger partial charge in [-0.15, -0.1) is 0 Å². The molecule has 0 saturated heterocycles. The second-order valence-electron chi connectivity index (χ2n) is 4.87. The molecule has 3 rings (SSSR count). The van der Waals surface area contributed by atoms with Gasteiger partial charge in [0.2, 0.25) is 0 Å². The van der Waals surface area contributed by atoms with Gasteiger partial charge >= 0.3 is 5.91 Å². The minimum Gasteiger partial charge on any atom is -0.481 e. The minimum absolute atomic E-state index is 0.0451. The van der Waals surface area contributed by atoms with Crippen LogP contribution in [0.1, 0.15) is 10.6 Å². The van der Waals surface area contributed by atoms with E-state index < -0.39 is 24.2 Å². The highest BCUT2D eigenvalue weighted by Crippen LogP contribution is 2.18. The Balaban J connectivity index is 1.52. The quantitative estimate of drug-likeness (QED) is 0.721. The molecule has 2 amide bonds. The lowest BCUT2D eigenvalue weighted by Gasteiger charge is -2.08. The third-order valence-electron chi connectivity index (χ3n) is 3.16. The number of carbonyl (C=O) groups is 2. The molecule has 2 N–H and O–H groups in total. The number of carbonyl (C=O) groups excluding carboxylic acids is 2. The van der Waals surface area contributed by atoms with E-state index in [1.165, 1.54) is 18.2 Å². The smallest absolute Gasteiger partial charge is 0.305 e. The molecule has 0 atom stereocenters. The minimum atomic E-state index is -0.636. The number of halogens is 1. The van der Waals surface area contributed by atoms with Gasteiger partial charge in [0.15, 0.2) is 23.9 Å². The van der Waals surface area contributed by atoms with Gasteiger partial charge in [-0.3, -0.25) is 20.4 Å². The molecule has 0 saturated carbocycles. The fourth-order valence-electron chi connectivity index (χ4n) is 2.02. The van der Waals surface area contributed by atoms with Gasteiger partial charge in [0.1, 0.15) is 5.58 Å². The molecule has 0 aliphatic carbocycles. The predicted octanol–water partition coefficient (Wildman–Crippen LogP) is 2.41. The van der Waals surface area contributed by atoms with E-state index in [9.17, 15) is 14.0 Å². The molecule has 6 nitrogen and oxygen atoms in total. The van der Waals surface area contributed by atoms with Crippen LogP contribution in [0.2, 0.25) is 0 Å². The average molecular weight is 328 g/mol. The molecule has 0 aliphatic heterocycles. The highest BCUT2D eigenvalue weighted by atomic mass is 19.1. The van der Waals surface area contributed by atoms with Gasteiger partial charge in [-0.25, -0.2) is 4.39 Å². The normalized spacial score (nSPS) is 10.4. The van der Waals surface area contributed by atoms with E-state index in [1.807, 2.05) is 6.07 Å². The van der Waals surface area contributed by atoms with E-state index in [4.69, 9.17) is 9.15 Å². The zero-order chi connectivity index (χ0) is 16.9. The Kier molecular flexibility index (Phi) is 4.42. The number of furan rings is 1. The Labute approximate surface area is 136 Å². The van der Waals surface area contributed by atoms with Crippen LogP contribution in [0.25, 0.3) is 11.0 Å². The summed E-state index contributed by atoms with van der Waals surface area (Å²) in [6.07, 6.45) is 0. The van der Waals surface area contributed by atoms with Crippen molar-refractivity contribution in [1.82, 2.24) is 10.9 Å². The van der Waals surface area contributed by atoms with Crippen LogP contribution in [-0.4, -0.2) is 18.4 Å². The fourth-order valence-corrected chi connectivity index (χ4v) is 2.02. The van der Waals surface area contributed by atoms with Gasteiger partial charge in [0.25, 0.3) is 5.91 Å². The number of amides is 2. The highest BCUT2D eigenvalue weighted by molar-refractivity contribution is 5.97. The van der Waals surface area contributed by atoms with Gasteiger partial charge in [0, 0.05) is 5.39 Å². The van der Waals surface area contributed by atoms with Crippen LogP contribution in [0.3, 0.4) is 0 Å². The summed E-state index contributed by atoms with van der Waals surface area (Å²) in [4.78, 5) is 23.6. The lowest BCUT2D eigenvalue weighted by molar-refractivity contribution is -0.123. The molecule has 1 aromatic heterocycles. The maximum atomic E-state index is 13.3. The number of nitrogens with one attached hydrogen (secondary N) is 2. The van der Waals surface area contributed by atoms with Crippen LogP contribution >= 0.6 is 0 Å². The third-order valence-corrected chi connectivity index (χ3v) is 3.16. The van der Waals surface area contributed by atoms with Crippen LogP contribution in [0, 0.1) is 5.82 Å². The number of benzene rings is 2. The Hall–Kier alpha value is -3.35. The maximum absolute atomic E-state index is 13.3. The second-order valence-corrected chi connectivity index (χ2v) is 4.87. The van der Waals surface area contributed by atoms with Crippen LogP contribution in [0.5, 0.6) is 5.75 Å². The third kappa shape index (κ3) is 3.52. The van der Waals surface area contributed by atoms with Crippen LogP contribution < -0.4 is 15.6 Å². The zero-order valence-electron chi connectivity index (χ0n) is 12.4. The molecular formula is C17H13FN2O4. The number of para-hydroxylation sites is 2. The monoisotopic (exact) mass is 328 g/mol. The molecule has 0 spiro atoms. The molecule has 24 heavy (non-hydrogen) atoms. The van der Waals surface area contributed by atoms with E-state index >= 15 is 0 Å². The summed E-state index contributed by atoms with van der Waals surface area (Å²) in [5.74, 6) is -1.80. The number of hydrogen-bond acceptors (Lipinski definition) is 4. The summed E-state index contributed by atoms with van der Waals surface area (Å²) in [7, 11) is 0. The first kappa shape index (κ1) is 15.5. The van der Waals surface area contributed by atoms with Crippen LogP contribution in [0.15, 0.2) is 59.0 Å².